The molecule has 1 N–H and O–H groups in total. The van der Waals surface area contributed by atoms with E-state index in [1.54, 1.807) is 12.1 Å². The van der Waals surface area contributed by atoms with Crippen molar-refractivity contribution in [2.75, 3.05) is 7.11 Å². The molecule has 0 amide bonds. The number of methoxy groups -OCH3 is 1. The zero-order valence-electron chi connectivity index (χ0n) is 12.0. The van der Waals surface area contributed by atoms with Gasteiger partial charge in [0.05, 0.1) is 23.7 Å². The third-order valence-corrected chi connectivity index (χ3v) is 3.56. The Morgan fingerprint density at radius 1 is 1.39 bits per heavy atom. The van der Waals surface area contributed by atoms with E-state index >= 15 is 0 Å². The number of hydrogen-bond donors (Lipinski definition) is 1. The third kappa shape index (κ3) is 3.67. The molecule has 0 aliphatic carbocycles. The van der Waals surface area contributed by atoms with Crippen LogP contribution in [0.3, 0.4) is 0 Å². The third-order valence-electron chi connectivity index (χ3n) is 3.10. The summed E-state index contributed by atoms with van der Waals surface area (Å²) in [5.41, 5.74) is 1.11. The number of hydrogen-bond acceptors (Lipinski definition) is 5. The Morgan fingerprint density at radius 3 is 2.57 bits per heavy atom. The van der Waals surface area contributed by atoms with Crippen molar-refractivity contribution in [3.05, 3.63) is 62.1 Å². The molecule has 0 bridgehead atoms. The average molecular weight is 375 g/mol. The van der Waals surface area contributed by atoms with Crippen molar-refractivity contribution in [2.45, 2.75) is 0 Å². The lowest BCUT2D eigenvalue weighted by Gasteiger charge is -2.08. The first-order valence-electron chi connectivity index (χ1n) is 6.39. The molecule has 2 aromatic carbocycles. The molecular weight excluding hydrogens is 364 g/mol. The number of halogens is 1. The predicted octanol–water partition coefficient (Wildman–Crippen LogP) is 4.14. The van der Waals surface area contributed by atoms with Crippen molar-refractivity contribution in [1.82, 2.24) is 0 Å². The van der Waals surface area contributed by atoms with Crippen molar-refractivity contribution in [2.24, 2.45) is 0 Å². The van der Waals surface area contributed by atoms with Crippen LogP contribution in [0.15, 0.2) is 40.9 Å². The number of nitro groups is 1. The molecule has 0 fully saturated rings. The minimum atomic E-state index is -0.509. The fourth-order valence-electron chi connectivity index (χ4n) is 1.96. The number of phenolic OH excluding ortho intramolecular Hbond substituents is 1. The Bertz CT molecular complexity index is 823. The van der Waals surface area contributed by atoms with Gasteiger partial charge in [-0.25, -0.2) is 0 Å². The van der Waals surface area contributed by atoms with E-state index in [1.165, 1.54) is 37.5 Å². The van der Waals surface area contributed by atoms with E-state index in [1.807, 2.05) is 6.07 Å². The van der Waals surface area contributed by atoms with Crippen molar-refractivity contribution in [3.63, 3.8) is 0 Å². The molecular formula is C16H11BrN2O4. The number of phenols is 1. The van der Waals surface area contributed by atoms with Crippen LogP contribution in [0.4, 0.5) is 5.69 Å². The van der Waals surface area contributed by atoms with Crippen LogP contribution >= 0.6 is 15.9 Å². The second kappa shape index (κ2) is 6.94. The molecule has 0 saturated heterocycles. The number of nitriles is 1. The number of benzene rings is 2. The lowest BCUT2D eigenvalue weighted by atomic mass is 10.0. The number of nitrogens with zero attached hydrogens (tertiary/aromatic N) is 2. The summed E-state index contributed by atoms with van der Waals surface area (Å²) >= 11 is 3.30. The first kappa shape index (κ1) is 16.5. The molecule has 0 aliphatic heterocycles. The monoisotopic (exact) mass is 374 g/mol. The largest absolute Gasteiger partial charge is 0.504 e. The highest BCUT2D eigenvalue weighted by atomic mass is 79.9. The van der Waals surface area contributed by atoms with Gasteiger partial charge in [-0.05, 0) is 35.9 Å². The first-order chi connectivity index (χ1) is 11.0. The van der Waals surface area contributed by atoms with E-state index in [0.717, 1.165) is 0 Å². The molecule has 0 aliphatic rings. The predicted molar refractivity (Wildman–Crippen MR) is 88.9 cm³/mol. The highest BCUT2D eigenvalue weighted by Crippen LogP contribution is 2.35. The maximum Gasteiger partial charge on any atom is 0.269 e. The second-order valence-corrected chi connectivity index (χ2v) is 5.44. The normalized spacial score (nSPS) is 10.9. The zero-order valence-corrected chi connectivity index (χ0v) is 13.6. The van der Waals surface area contributed by atoms with Crippen LogP contribution < -0.4 is 4.74 Å². The maximum atomic E-state index is 10.7. The van der Waals surface area contributed by atoms with Gasteiger partial charge in [0.25, 0.3) is 5.69 Å². The molecule has 0 atom stereocenters. The molecule has 23 heavy (non-hydrogen) atoms. The van der Waals surface area contributed by atoms with Gasteiger partial charge in [-0.3, -0.25) is 10.1 Å². The molecule has 0 saturated carbocycles. The Balaban J connectivity index is 2.49. The minimum Gasteiger partial charge on any atom is -0.504 e. The van der Waals surface area contributed by atoms with Gasteiger partial charge in [0.1, 0.15) is 0 Å². The molecule has 2 rings (SSSR count). The molecule has 0 heterocycles. The maximum absolute atomic E-state index is 10.7. The topological polar surface area (TPSA) is 96.4 Å². The van der Waals surface area contributed by atoms with E-state index in [2.05, 4.69) is 15.9 Å². The van der Waals surface area contributed by atoms with Crippen molar-refractivity contribution >= 4 is 33.3 Å². The lowest BCUT2D eigenvalue weighted by molar-refractivity contribution is -0.384. The number of nitro benzene ring substituents is 1. The van der Waals surface area contributed by atoms with Crippen LogP contribution in [-0.4, -0.2) is 17.1 Å². The summed E-state index contributed by atoms with van der Waals surface area (Å²) in [4.78, 5) is 10.2. The standard InChI is InChI=1S/C16H11BrN2O4/c1-23-15-8-13(17)7-11(16(15)20)6-12(9-18)10-2-4-14(5-3-10)19(21)22/h2-8,20H,1H3. The molecule has 6 nitrogen and oxygen atoms in total. The van der Waals surface area contributed by atoms with E-state index in [0.29, 0.717) is 15.6 Å². The quantitative estimate of drug-likeness (QED) is 0.375. The molecule has 116 valence electrons. The smallest absolute Gasteiger partial charge is 0.269 e. The van der Waals surface area contributed by atoms with Crippen molar-refractivity contribution in [3.8, 4) is 17.6 Å². The Kier molecular flexibility index (Phi) is 4.98. The van der Waals surface area contributed by atoms with Gasteiger partial charge in [-0.2, -0.15) is 5.26 Å². The summed E-state index contributed by atoms with van der Waals surface area (Å²) in [7, 11) is 1.43. The Labute approximate surface area is 140 Å². The molecule has 0 unspecified atom stereocenters. The Morgan fingerprint density at radius 2 is 2.04 bits per heavy atom. The first-order valence-corrected chi connectivity index (χ1v) is 7.18. The van der Waals surface area contributed by atoms with Gasteiger partial charge in [-0.15, -0.1) is 0 Å². The highest BCUT2D eigenvalue weighted by molar-refractivity contribution is 9.10. The van der Waals surface area contributed by atoms with Crippen molar-refractivity contribution in [1.29, 1.82) is 5.26 Å². The van der Waals surface area contributed by atoms with Crippen LogP contribution in [0.1, 0.15) is 11.1 Å². The van der Waals surface area contributed by atoms with Gasteiger partial charge >= 0.3 is 0 Å². The second-order valence-electron chi connectivity index (χ2n) is 4.52. The van der Waals surface area contributed by atoms with Gasteiger partial charge in [0, 0.05) is 22.2 Å². The van der Waals surface area contributed by atoms with E-state index in [4.69, 9.17) is 4.74 Å². The number of allylic oxidation sites excluding steroid dienone is 1. The summed E-state index contributed by atoms with van der Waals surface area (Å²) in [5, 5.41) is 30.1. The van der Waals surface area contributed by atoms with E-state index in [9.17, 15) is 20.5 Å². The number of rotatable bonds is 4. The SMILES string of the molecule is COc1cc(Br)cc(C=C(C#N)c2ccc([N+](=O)[O-])cc2)c1O. The van der Waals surface area contributed by atoms with Crippen LogP contribution in [0.5, 0.6) is 11.5 Å². The van der Waals surface area contributed by atoms with Crippen LogP contribution in [0, 0.1) is 21.4 Å². The summed E-state index contributed by atoms with van der Waals surface area (Å²) in [6.45, 7) is 0. The summed E-state index contributed by atoms with van der Waals surface area (Å²) in [5.74, 6) is 0.178. The summed E-state index contributed by atoms with van der Waals surface area (Å²) < 4.78 is 5.74. The lowest BCUT2D eigenvalue weighted by Crippen LogP contribution is -1.89. The van der Waals surface area contributed by atoms with Gasteiger partial charge in [0.15, 0.2) is 11.5 Å². The molecule has 0 spiro atoms. The van der Waals surface area contributed by atoms with Crippen LogP contribution in [-0.2, 0) is 0 Å². The fraction of sp³-hybridized carbons (Fsp3) is 0.0625. The minimum absolute atomic E-state index is 0.0574. The van der Waals surface area contributed by atoms with Crippen LogP contribution in [0.2, 0.25) is 0 Å². The molecule has 0 aromatic heterocycles. The fourth-order valence-corrected chi connectivity index (χ4v) is 2.41. The van der Waals surface area contributed by atoms with E-state index < -0.39 is 4.92 Å². The number of aromatic hydroxyl groups is 1. The van der Waals surface area contributed by atoms with Gasteiger partial charge in [-0.1, -0.05) is 15.9 Å². The summed E-state index contributed by atoms with van der Waals surface area (Å²) in [6.07, 6.45) is 1.49. The number of non-ortho nitro benzene ring substituents is 1. The van der Waals surface area contributed by atoms with Crippen LogP contribution in [0.25, 0.3) is 11.6 Å². The molecule has 2 aromatic rings. The highest BCUT2D eigenvalue weighted by Gasteiger charge is 2.11. The van der Waals surface area contributed by atoms with E-state index in [-0.39, 0.29) is 22.8 Å². The molecule has 0 radical (unpaired) electrons. The summed E-state index contributed by atoms with van der Waals surface area (Å²) in [6, 6.07) is 10.9. The van der Waals surface area contributed by atoms with Gasteiger partial charge < -0.3 is 9.84 Å². The Hall–Kier alpha value is -2.85. The van der Waals surface area contributed by atoms with Crippen molar-refractivity contribution < 1.29 is 14.8 Å². The number of ether oxygens (including phenoxy) is 1. The average Bonchev–Trinajstić information content (AvgIpc) is 2.55. The van der Waals surface area contributed by atoms with Gasteiger partial charge in [0.2, 0.25) is 0 Å². The zero-order chi connectivity index (χ0) is 17.0. The molecule has 7 heteroatoms.